The smallest absolute Gasteiger partial charge is 0.306 e. The zero-order valence-corrected chi connectivity index (χ0v) is 18.6. The van der Waals surface area contributed by atoms with Gasteiger partial charge < -0.3 is 23.8 Å². The van der Waals surface area contributed by atoms with E-state index in [0.717, 1.165) is 5.56 Å². The number of carbonyl (C=O) groups excluding carboxylic acids is 2. The summed E-state index contributed by atoms with van der Waals surface area (Å²) in [6, 6.07) is 14.4. The number of amides is 1. The fourth-order valence-corrected chi connectivity index (χ4v) is 3.02. The molecule has 8 nitrogen and oxygen atoms in total. The number of ether oxygens (including phenoxy) is 4. The molecule has 0 aliphatic rings. The van der Waals surface area contributed by atoms with Crippen LogP contribution in [0.1, 0.15) is 25.3 Å². The fraction of sp³-hybridized carbons (Fsp3) is 0.375. The molecule has 0 atom stereocenters. The van der Waals surface area contributed by atoms with Crippen molar-refractivity contribution >= 4 is 17.6 Å². The van der Waals surface area contributed by atoms with Crippen LogP contribution in [0.25, 0.3) is 0 Å². The molecule has 0 unspecified atom stereocenters. The summed E-state index contributed by atoms with van der Waals surface area (Å²) in [4.78, 5) is 26.3. The number of hydrogen-bond acceptors (Lipinski definition) is 7. The summed E-state index contributed by atoms with van der Waals surface area (Å²) in [6.07, 6.45) is 0.709. The lowest BCUT2D eigenvalue weighted by Crippen LogP contribution is -2.35. The van der Waals surface area contributed by atoms with Crippen LogP contribution >= 0.6 is 0 Å². The maximum atomic E-state index is 12.7. The molecule has 170 valence electrons. The van der Waals surface area contributed by atoms with Gasteiger partial charge in [-0.2, -0.15) is 5.26 Å². The molecular formula is C24H28N2O6. The van der Waals surface area contributed by atoms with Gasteiger partial charge in [-0.1, -0.05) is 6.07 Å². The van der Waals surface area contributed by atoms with E-state index < -0.39 is 18.5 Å². The van der Waals surface area contributed by atoms with Crippen molar-refractivity contribution in [2.45, 2.75) is 26.2 Å². The number of hydrogen-bond donors (Lipinski definition) is 0. The number of nitrogens with zero attached hydrogens (tertiary/aromatic N) is 2. The number of benzene rings is 2. The number of anilines is 1. The molecule has 0 saturated carbocycles. The van der Waals surface area contributed by atoms with E-state index in [0.29, 0.717) is 36.0 Å². The van der Waals surface area contributed by atoms with E-state index in [1.807, 2.05) is 19.1 Å². The molecule has 32 heavy (non-hydrogen) atoms. The Morgan fingerprint density at radius 2 is 1.75 bits per heavy atom. The fourth-order valence-electron chi connectivity index (χ4n) is 3.02. The highest BCUT2D eigenvalue weighted by molar-refractivity contribution is 5.95. The molecule has 0 aromatic heterocycles. The van der Waals surface area contributed by atoms with Crippen LogP contribution in [0.5, 0.6) is 17.2 Å². The predicted octanol–water partition coefficient (Wildman–Crippen LogP) is 3.53. The van der Waals surface area contributed by atoms with Crippen LogP contribution in [0, 0.1) is 11.3 Å². The van der Waals surface area contributed by atoms with Crippen LogP contribution < -0.4 is 19.1 Å². The van der Waals surface area contributed by atoms with Gasteiger partial charge in [0.1, 0.15) is 5.75 Å². The topological polar surface area (TPSA) is 98.1 Å². The third-order valence-corrected chi connectivity index (χ3v) is 4.63. The predicted molar refractivity (Wildman–Crippen MR) is 119 cm³/mol. The summed E-state index contributed by atoms with van der Waals surface area (Å²) in [5.41, 5.74) is 1.49. The third-order valence-electron chi connectivity index (χ3n) is 4.63. The SMILES string of the molecule is CCOc1ccc(N(CCC#N)C(=O)COC(=O)CCc2ccc(OC)c(OC)c2)cc1. The van der Waals surface area contributed by atoms with E-state index in [-0.39, 0.29) is 19.4 Å². The van der Waals surface area contributed by atoms with Gasteiger partial charge in [0.15, 0.2) is 18.1 Å². The van der Waals surface area contributed by atoms with Gasteiger partial charge >= 0.3 is 5.97 Å². The Balaban J connectivity index is 1.92. The van der Waals surface area contributed by atoms with Crippen molar-refractivity contribution in [2.24, 2.45) is 0 Å². The van der Waals surface area contributed by atoms with Gasteiger partial charge in [0, 0.05) is 18.7 Å². The lowest BCUT2D eigenvalue weighted by Gasteiger charge is -2.22. The van der Waals surface area contributed by atoms with Crippen LogP contribution in [-0.4, -0.2) is 45.9 Å². The molecule has 0 N–H and O–H groups in total. The number of aryl methyl sites for hydroxylation is 1. The van der Waals surface area contributed by atoms with Gasteiger partial charge in [-0.15, -0.1) is 0 Å². The second kappa shape index (κ2) is 12.8. The van der Waals surface area contributed by atoms with Gasteiger partial charge in [-0.3, -0.25) is 9.59 Å². The maximum Gasteiger partial charge on any atom is 0.306 e. The normalized spacial score (nSPS) is 10.1. The zero-order chi connectivity index (χ0) is 23.3. The minimum absolute atomic E-state index is 0.115. The Morgan fingerprint density at radius 1 is 1.03 bits per heavy atom. The van der Waals surface area contributed by atoms with E-state index in [1.54, 1.807) is 50.6 Å². The van der Waals surface area contributed by atoms with Crippen molar-refractivity contribution in [3.05, 3.63) is 48.0 Å². The second-order valence-corrected chi connectivity index (χ2v) is 6.73. The summed E-state index contributed by atoms with van der Waals surface area (Å²) >= 11 is 0. The summed E-state index contributed by atoms with van der Waals surface area (Å²) in [7, 11) is 3.10. The summed E-state index contributed by atoms with van der Waals surface area (Å²) in [6.45, 7) is 2.22. The average Bonchev–Trinajstić information content (AvgIpc) is 2.82. The van der Waals surface area contributed by atoms with E-state index in [4.69, 9.17) is 24.2 Å². The van der Waals surface area contributed by atoms with Crippen LogP contribution in [0.15, 0.2) is 42.5 Å². The molecule has 2 rings (SSSR count). The van der Waals surface area contributed by atoms with E-state index in [1.165, 1.54) is 4.90 Å². The standard InChI is InChI=1S/C24H28N2O6/c1-4-31-20-10-8-19(9-11-20)26(15-5-14-25)23(27)17-32-24(28)13-7-18-6-12-21(29-2)22(16-18)30-3/h6,8-12,16H,4-5,7,13,15,17H2,1-3H3. The first-order chi connectivity index (χ1) is 15.5. The first-order valence-electron chi connectivity index (χ1n) is 10.3. The van der Waals surface area contributed by atoms with Crippen molar-refractivity contribution in [1.82, 2.24) is 0 Å². The van der Waals surface area contributed by atoms with Gasteiger partial charge in [-0.05, 0) is 55.3 Å². The molecule has 0 aliphatic carbocycles. The molecule has 0 aliphatic heterocycles. The quantitative estimate of drug-likeness (QED) is 0.466. The average molecular weight is 440 g/mol. The molecule has 0 fully saturated rings. The highest BCUT2D eigenvalue weighted by Gasteiger charge is 2.18. The van der Waals surface area contributed by atoms with Gasteiger partial charge in [0.2, 0.25) is 0 Å². The Morgan fingerprint density at radius 3 is 2.38 bits per heavy atom. The van der Waals surface area contributed by atoms with Crippen molar-refractivity contribution < 1.29 is 28.5 Å². The van der Waals surface area contributed by atoms with Gasteiger partial charge in [0.25, 0.3) is 5.91 Å². The Kier molecular flexibility index (Phi) is 9.85. The van der Waals surface area contributed by atoms with Crippen LogP contribution in [0.2, 0.25) is 0 Å². The summed E-state index contributed by atoms with van der Waals surface area (Å²) in [5.74, 6) is 0.989. The zero-order valence-electron chi connectivity index (χ0n) is 18.6. The van der Waals surface area contributed by atoms with Crippen LogP contribution in [0.3, 0.4) is 0 Å². The van der Waals surface area contributed by atoms with E-state index in [2.05, 4.69) is 0 Å². The largest absolute Gasteiger partial charge is 0.494 e. The number of carbonyl (C=O) groups is 2. The number of esters is 1. The monoisotopic (exact) mass is 440 g/mol. The van der Waals surface area contributed by atoms with Crippen molar-refractivity contribution in [3.63, 3.8) is 0 Å². The lowest BCUT2D eigenvalue weighted by atomic mass is 10.1. The molecule has 0 saturated heterocycles. The first kappa shape index (κ1) is 24.5. The minimum atomic E-state index is -0.486. The van der Waals surface area contributed by atoms with Crippen LogP contribution in [0.4, 0.5) is 5.69 Å². The van der Waals surface area contributed by atoms with Crippen molar-refractivity contribution in [2.75, 3.05) is 38.9 Å². The molecule has 8 heteroatoms. The summed E-state index contributed by atoms with van der Waals surface area (Å²) in [5, 5.41) is 8.91. The minimum Gasteiger partial charge on any atom is -0.494 e. The highest BCUT2D eigenvalue weighted by atomic mass is 16.5. The Bertz CT molecular complexity index is 936. The Hall–Kier alpha value is -3.73. The number of methoxy groups -OCH3 is 2. The molecule has 0 radical (unpaired) electrons. The molecule has 0 spiro atoms. The molecule has 2 aromatic carbocycles. The number of nitriles is 1. The first-order valence-corrected chi connectivity index (χ1v) is 10.3. The second-order valence-electron chi connectivity index (χ2n) is 6.73. The highest BCUT2D eigenvalue weighted by Crippen LogP contribution is 2.28. The van der Waals surface area contributed by atoms with E-state index in [9.17, 15) is 9.59 Å². The van der Waals surface area contributed by atoms with Gasteiger partial charge in [0.05, 0.1) is 33.3 Å². The van der Waals surface area contributed by atoms with Crippen LogP contribution in [-0.2, 0) is 20.7 Å². The molecule has 1 amide bonds. The number of rotatable bonds is 12. The van der Waals surface area contributed by atoms with Gasteiger partial charge in [-0.25, -0.2) is 0 Å². The van der Waals surface area contributed by atoms with E-state index >= 15 is 0 Å². The molecule has 0 heterocycles. The lowest BCUT2D eigenvalue weighted by molar-refractivity contribution is -0.147. The maximum absolute atomic E-state index is 12.7. The van der Waals surface area contributed by atoms with Crippen molar-refractivity contribution in [3.8, 4) is 23.3 Å². The Labute approximate surface area is 188 Å². The molecule has 2 aromatic rings. The molecular weight excluding hydrogens is 412 g/mol. The van der Waals surface area contributed by atoms with Crippen molar-refractivity contribution in [1.29, 1.82) is 5.26 Å². The third kappa shape index (κ3) is 7.20. The summed E-state index contributed by atoms with van der Waals surface area (Å²) < 4.78 is 21.1. The molecule has 0 bridgehead atoms.